The van der Waals surface area contributed by atoms with Gasteiger partial charge in [-0.2, -0.15) is 5.10 Å². The molecule has 2 N–H and O–H groups in total. The quantitative estimate of drug-likeness (QED) is 0.635. The fourth-order valence-corrected chi connectivity index (χ4v) is 1.31. The molecule has 0 atom stereocenters. The first-order valence-corrected chi connectivity index (χ1v) is 5.29. The van der Waals surface area contributed by atoms with E-state index in [1.807, 2.05) is 18.2 Å². The third-order valence-electron chi connectivity index (χ3n) is 2.21. The molecule has 90 valence electrons. The van der Waals surface area contributed by atoms with Crippen molar-refractivity contribution < 1.29 is 9.90 Å². The molecule has 0 aliphatic rings. The van der Waals surface area contributed by atoms with Gasteiger partial charge in [0.15, 0.2) is 0 Å². The van der Waals surface area contributed by atoms with Crippen LogP contribution in [0.1, 0.15) is 16.1 Å². The van der Waals surface area contributed by atoms with Crippen molar-refractivity contribution in [1.29, 1.82) is 0 Å². The number of pyridine rings is 1. The molecule has 5 heteroatoms. The molecule has 0 radical (unpaired) electrons. The molecular formula is C13H11N3O2. The molecule has 5 nitrogen and oxygen atoms in total. The lowest BCUT2D eigenvalue weighted by atomic mass is 10.2. The van der Waals surface area contributed by atoms with Crippen LogP contribution in [0.25, 0.3) is 0 Å². The highest BCUT2D eigenvalue weighted by Crippen LogP contribution is 2.09. The summed E-state index contributed by atoms with van der Waals surface area (Å²) in [6.45, 7) is 0. The van der Waals surface area contributed by atoms with Gasteiger partial charge in [-0.3, -0.25) is 10.4 Å². The summed E-state index contributed by atoms with van der Waals surface area (Å²) in [5.74, 6) is -0.946. The van der Waals surface area contributed by atoms with E-state index < -0.39 is 5.97 Å². The van der Waals surface area contributed by atoms with Crippen LogP contribution in [0.4, 0.5) is 5.69 Å². The molecule has 0 aliphatic heterocycles. The second-order valence-corrected chi connectivity index (χ2v) is 3.51. The van der Waals surface area contributed by atoms with E-state index >= 15 is 0 Å². The average molecular weight is 241 g/mol. The number of carbonyl (C=O) groups is 1. The summed E-state index contributed by atoms with van der Waals surface area (Å²) in [6, 6.07) is 11.9. The highest BCUT2D eigenvalue weighted by molar-refractivity contribution is 5.88. The van der Waals surface area contributed by atoms with Crippen LogP contribution in [-0.2, 0) is 0 Å². The van der Waals surface area contributed by atoms with Crippen molar-refractivity contribution in [3.63, 3.8) is 0 Å². The van der Waals surface area contributed by atoms with Gasteiger partial charge in [0.2, 0.25) is 0 Å². The van der Waals surface area contributed by atoms with Crippen LogP contribution in [0.2, 0.25) is 0 Å². The molecular weight excluding hydrogens is 230 g/mol. The molecule has 0 saturated heterocycles. The van der Waals surface area contributed by atoms with E-state index in [9.17, 15) is 4.79 Å². The number of aromatic nitrogens is 1. The molecule has 18 heavy (non-hydrogen) atoms. The molecule has 1 aromatic carbocycles. The third-order valence-corrected chi connectivity index (χ3v) is 2.21. The van der Waals surface area contributed by atoms with Crippen molar-refractivity contribution in [3.05, 3.63) is 59.9 Å². The van der Waals surface area contributed by atoms with E-state index in [2.05, 4.69) is 15.5 Å². The number of benzene rings is 1. The van der Waals surface area contributed by atoms with E-state index in [0.29, 0.717) is 5.69 Å². The predicted molar refractivity (Wildman–Crippen MR) is 68.9 cm³/mol. The molecule has 2 aromatic rings. The maximum atomic E-state index is 10.7. The van der Waals surface area contributed by atoms with Crippen LogP contribution in [0.5, 0.6) is 0 Å². The summed E-state index contributed by atoms with van der Waals surface area (Å²) >= 11 is 0. The number of hydrogen-bond acceptors (Lipinski definition) is 4. The highest BCUT2D eigenvalue weighted by Gasteiger charge is 2.00. The molecule has 0 aliphatic carbocycles. The lowest BCUT2D eigenvalue weighted by Gasteiger charge is -2.00. The van der Waals surface area contributed by atoms with Gasteiger partial charge >= 0.3 is 5.97 Å². The first-order chi connectivity index (χ1) is 8.75. The zero-order valence-electron chi connectivity index (χ0n) is 9.45. The lowest BCUT2D eigenvalue weighted by Crippen LogP contribution is -1.96. The number of nitrogens with zero attached hydrogens (tertiary/aromatic N) is 2. The van der Waals surface area contributed by atoms with Gasteiger partial charge in [-0.1, -0.05) is 6.07 Å². The van der Waals surface area contributed by atoms with Gasteiger partial charge in [-0.05, 0) is 36.4 Å². The Labute approximate surface area is 104 Å². The number of carboxylic acid groups (broad SMARTS) is 1. The van der Waals surface area contributed by atoms with Crippen molar-refractivity contribution in [3.8, 4) is 0 Å². The Morgan fingerprint density at radius 2 is 2.00 bits per heavy atom. The van der Waals surface area contributed by atoms with Gasteiger partial charge in [0, 0.05) is 6.20 Å². The molecule has 0 saturated carbocycles. The number of hydrazone groups is 1. The normalized spacial score (nSPS) is 10.4. The van der Waals surface area contributed by atoms with E-state index in [0.717, 1.165) is 5.69 Å². The molecule has 1 heterocycles. The standard InChI is InChI=1S/C13H11N3O2/c17-13(18)10-4-6-11(7-5-10)16-15-9-12-3-1-2-8-14-12/h1-9,16H,(H,17,18)/b15-9-. The Hall–Kier alpha value is -2.69. The summed E-state index contributed by atoms with van der Waals surface area (Å²) in [5.41, 5.74) is 4.50. The summed E-state index contributed by atoms with van der Waals surface area (Å²) in [6.07, 6.45) is 3.27. The summed E-state index contributed by atoms with van der Waals surface area (Å²) in [5, 5.41) is 12.7. The molecule has 0 spiro atoms. The maximum absolute atomic E-state index is 10.7. The topological polar surface area (TPSA) is 74.6 Å². The molecule has 0 unspecified atom stereocenters. The highest BCUT2D eigenvalue weighted by atomic mass is 16.4. The minimum atomic E-state index is -0.946. The number of aromatic carboxylic acids is 1. The second-order valence-electron chi connectivity index (χ2n) is 3.51. The minimum absolute atomic E-state index is 0.245. The average Bonchev–Trinajstić information content (AvgIpc) is 2.40. The van der Waals surface area contributed by atoms with Gasteiger partial charge in [-0.25, -0.2) is 4.79 Å². The second kappa shape index (κ2) is 5.58. The smallest absolute Gasteiger partial charge is 0.335 e. The number of nitrogens with one attached hydrogen (secondary N) is 1. The zero-order chi connectivity index (χ0) is 12.8. The Morgan fingerprint density at radius 1 is 1.22 bits per heavy atom. The molecule has 0 fully saturated rings. The zero-order valence-corrected chi connectivity index (χ0v) is 9.45. The predicted octanol–water partition coefficient (Wildman–Crippen LogP) is 2.23. The molecule has 0 bridgehead atoms. The van der Waals surface area contributed by atoms with E-state index in [-0.39, 0.29) is 5.56 Å². The largest absolute Gasteiger partial charge is 0.478 e. The van der Waals surface area contributed by atoms with Crippen molar-refractivity contribution in [2.75, 3.05) is 5.43 Å². The van der Waals surface area contributed by atoms with Gasteiger partial charge in [-0.15, -0.1) is 0 Å². The fraction of sp³-hybridized carbons (Fsp3) is 0. The first kappa shape index (κ1) is 11.8. The van der Waals surface area contributed by atoms with E-state index in [1.165, 1.54) is 12.1 Å². The van der Waals surface area contributed by atoms with Crippen LogP contribution in [0.15, 0.2) is 53.8 Å². The third kappa shape index (κ3) is 3.15. The number of carboxylic acids is 1. The van der Waals surface area contributed by atoms with E-state index in [4.69, 9.17) is 5.11 Å². The Bertz CT molecular complexity index is 550. The van der Waals surface area contributed by atoms with E-state index in [1.54, 1.807) is 24.5 Å². The fourth-order valence-electron chi connectivity index (χ4n) is 1.31. The Morgan fingerprint density at radius 3 is 2.61 bits per heavy atom. The molecule has 2 rings (SSSR count). The Balaban J connectivity index is 1.98. The molecule has 0 amide bonds. The first-order valence-electron chi connectivity index (χ1n) is 5.29. The Kier molecular flexibility index (Phi) is 3.66. The van der Waals surface area contributed by atoms with Crippen LogP contribution >= 0.6 is 0 Å². The summed E-state index contributed by atoms with van der Waals surface area (Å²) in [4.78, 5) is 14.7. The monoisotopic (exact) mass is 241 g/mol. The molecule has 1 aromatic heterocycles. The van der Waals surface area contributed by atoms with Gasteiger partial charge in [0.1, 0.15) is 0 Å². The van der Waals surface area contributed by atoms with Gasteiger partial charge in [0.25, 0.3) is 0 Å². The summed E-state index contributed by atoms with van der Waals surface area (Å²) < 4.78 is 0. The van der Waals surface area contributed by atoms with Crippen LogP contribution in [0, 0.1) is 0 Å². The van der Waals surface area contributed by atoms with Crippen molar-refractivity contribution in [2.24, 2.45) is 5.10 Å². The van der Waals surface area contributed by atoms with Crippen molar-refractivity contribution in [1.82, 2.24) is 4.98 Å². The SMILES string of the molecule is O=C(O)c1ccc(N/N=C\c2ccccn2)cc1. The lowest BCUT2D eigenvalue weighted by molar-refractivity contribution is 0.0697. The van der Waals surface area contributed by atoms with Crippen LogP contribution in [0.3, 0.4) is 0 Å². The minimum Gasteiger partial charge on any atom is -0.478 e. The number of anilines is 1. The maximum Gasteiger partial charge on any atom is 0.335 e. The number of hydrogen-bond donors (Lipinski definition) is 2. The van der Waals surface area contributed by atoms with Gasteiger partial charge in [0.05, 0.1) is 23.2 Å². The summed E-state index contributed by atoms with van der Waals surface area (Å²) in [7, 11) is 0. The van der Waals surface area contributed by atoms with Crippen LogP contribution in [-0.4, -0.2) is 22.3 Å². The van der Waals surface area contributed by atoms with Crippen LogP contribution < -0.4 is 5.43 Å². The van der Waals surface area contributed by atoms with Gasteiger partial charge < -0.3 is 5.11 Å². The van der Waals surface area contributed by atoms with Crippen molar-refractivity contribution >= 4 is 17.9 Å². The number of rotatable bonds is 4. The van der Waals surface area contributed by atoms with Crippen molar-refractivity contribution in [2.45, 2.75) is 0 Å².